The van der Waals surface area contributed by atoms with Crippen molar-refractivity contribution in [2.24, 2.45) is 0 Å². The van der Waals surface area contributed by atoms with Gasteiger partial charge in [0.2, 0.25) is 0 Å². The molecule has 0 aliphatic carbocycles. The van der Waals surface area contributed by atoms with Crippen molar-refractivity contribution in [3.63, 3.8) is 0 Å². The van der Waals surface area contributed by atoms with E-state index in [2.05, 4.69) is 6.58 Å². The largest absolute Gasteiger partial charge is 0.386 e. The molecule has 22 heavy (non-hydrogen) atoms. The fourth-order valence-electron chi connectivity index (χ4n) is 1.89. The van der Waals surface area contributed by atoms with E-state index in [1.165, 1.54) is 0 Å². The fraction of sp³-hybridized carbons (Fsp3) is 0.450. The fourth-order valence-corrected chi connectivity index (χ4v) is 1.89. The van der Waals surface area contributed by atoms with Gasteiger partial charge in [0.1, 0.15) is 0 Å². The summed E-state index contributed by atoms with van der Waals surface area (Å²) in [6.45, 7) is 13.2. The van der Waals surface area contributed by atoms with Crippen LogP contribution >= 0.6 is 0 Å². The standard InChI is InChI=1S/C20H30O2/c1-7-17(4)10-8-12-20(6,22)13-9-11-18(5)15-19(21)14-16(2)3/h7-8,10-12,14,22H,1,9,13,15H2,2-6H3/b12-8+,17-10-,18-11+/t20-/m0/s1. The van der Waals surface area contributed by atoms with Crippen molar-refractivity contribution in [1.82, 2.24) is 0 Å². The predicted molar refractivity (Wildman–Crippen MR) is 95.8 cm³/mol. The first-order valence-corrected chi connectivity index (χ1v) is 7.70. The van der Waals surface area contributed by atoms with Gasteiger partial charge in [-0.3, -0.25) is 4.79 Å². The number of carbonyl (C=O) groups is 1. The summed E-state index contributed by atoms with van der Waals surface area (Å²) in [6.07, 6.45) is 12.9. The zero-order valence-corrected chi connectivity index (χ0v) is 14.6. The Morgan fingerprint density at radius 3 is 2.41 bits per heavy atom. The molecule has 122 valence electrons. The van der Waals surface area contributed by atoms with E-state index in [9.17, 15) is 9.90 Å². The average Bonchev–Trinajstić information content (AvgIpc) is 2.36. The van der Waals surface area contributed by atoms with Crippen molar-refractivity contribution in [2.75, 3.05) is 0 Å². The third-order valence-corrected chi connectivity index (χ3v) is 3.18. The van der Waals surface area contributed by atoms with Gasteiger partial charge < -0.3 is 5.11 Å². The Hall–Kier alpha value is -1.67. The summed E-state index contributed by atoms with van der Waals surface area (Å²) in [5, 5.41) is 10.3. The van der Waals surface area contributed by atoms with E-state index in [0.717, 1.165) is 23.1 Å². The molecule has 0 unspecified atom stereocenters. The van der Waals surface area contributed by atoms with E-state index < -0.39 is 5.60 Å². The number of rotatable bonds is 9. The van der Waals surface area contributed by atoms with E-state index in [0.29, 0.717) is 12.8 Å². The Morgan fingerprint density at radius 2 is 1.86 bits per heavy atom. The Bertz CT molecular complexity index is 496. The number of hydrogen-bond donors (Lipinski definition) is 1. The van der Waals surface area contributed by atoms with Crippen molar-refractivity contribution < 1.29 is 9.90 Å². The van der Waals surface area contributed by atoms with Gasteiger partial charge in [-0.15, -0.1) is 0 Å². The molecule has 0 spiro atoms. The van der Waals surface area contributed by atoms with Crippen molar-refractivity contribution in [1.29, 1.82) is 0 Å². The summed E-state index contributed by atoms with van der Waals surface area (Å²) in [5.41, 5.74) is 2.28. The Balaban J connectivity index is 4.42. The van der Waals surface area contributed by atoms with E-state index >= 15 is 0 Å². The minimum Gasteiger partial charge on any atom is -0.386 e. The molecule has 0 aromatic rings. The van der Waals surface area contributed by atoms with Gasteiger partial charge >= 0.3 is 0 Å². The average molecular weight is 302 g/mol. The molecule has 0 saturated carbocycles. The molecule has 0 aromatic carbocycles. The minimum atomic E-state index is -0.849. The molecule has 0 heterocycles. The number of carbonyl (C=O) groups excluding carboxylic acids is 1. The molecule has 0 rings (SSSR count). The maximum absolute atomic E-state index is 11.7. The van der Waals surface area contributed by atoms with Gasteiger partial charge in [0, 0.05) is 6.42 Å². The second-order valence-electron chi connectivity index (χ2n) is 6.29. The first-order valence-electron chi connectivity index (χ1n) is 7.70. The maximum Gasteiger partial charge on any atom is 0.159 e. The maximum atomic E-state index is 11.7. The quantitative estimate of drug-likeness (QED) is 0.366. The van der Waals surface area contributed by atoms with Crippen LogP contribution in [0.2, 0.25) is 0 Å². The van der Waals surface area contributed by atoms with Crippen molar-refractivity contribution in [3.05, 3.63) is 59.8 Å². The number of allylic oxidation sites excluding steroid dienone is 8. The van der Waals surface area contributed by atoms with E-state index in [4.69, 9.17) is 0 Å². The van der Waals surface area contributed by atoms with Crippen LogP contribution in [0, 0.1) is 0 Å². The lowest BCUT2D eigenvalue weighted by Crippen LogP contribution is -2.19. The van der Waals surface area contributed by atoms with Crippen molar-refractivity contribution in [2.45, 2.75) is 59.5 Å². The Morgan fingerprint density at radius 1 is 1.23 bits per heavy atom. The Labute approximate surface area is 135 Å². The number of ketones is 1. The zero-order chi connectivity index (χ0) is 17.2. The summed E-state index contributed by atoms with van der Waals surface area (Å²) < 4.78 is 0. The number of aliphatic hydroxyl groups is 1. The molecule has 1 atom stereocenters. The van der Waals surface area contributed by atoms with Gasteiger partial charge in [-0.25, -0.2) is 0 Å². The molecule has 2 nitrogen and oxygen atoms in total. The van der Waals surface area contributed by atoms with Crippen LogP contribution in [-0.2, 0) is 4.79 Å². The normalized spacial score (nSPS) is 15.5. The van der Waals surface area contributed by atoms with E-state index in [1.807, 2.05) is 45.9 Å². The highest BCUT2D eigenvalue weighted by Crippen LogP contribution is 2.16. The summed E-state index contributed by atoms with van der Waals surface area (Å²) >= 11 is 0. The zero-order valence-electron chi connectivity index (χ0n) is 14.6. The summed E-state index contributed by atoms with van der Waals surface area (Å²) in [5.74, 6) is 0.130. The lowest BCUT2D eigenvalue weighted by Gasteiger charge is -2.17. The monoisotopic (exact) mass is 302 g/mol. The van der Waals surface area contributed by atoms with Crippen LogP contribution in [0.4, 0.5) is 0 Å². The lowest BCUT2D eigenvalue weighted by atomic mass is 9.98. The van der Waals surface area contributed by atoms with Crippen LogP contribution in [0.15, 0.2) is 59.8 Å². The second kappa shape index (κ2) is 10.1. The van der Waals surface area contributed by atoms with Crippen LogP contribution in [0.25, 0.3) is 0 Å². The molecule has 1 N–H and O–H groups in total. The lowest BCUT2D eigenvalue weighted by molar-refractivity contribution is -0.114. The summed E-state index contributed by atoms with van der Waals surface area (Å²) in [6, 6.07) is 0. The second-order valence-corrected chi connectivity index (χ2v) is 6.29. The molecule has 0 fully saturated rings. The molecular weight excluding hydrogens is 272 g/mol. The van der Waals surface area contributed by atoms with Crippen molar-refractivity contribution >= 4 is 5.78 Å². The van der Waals surface area contributed by atoms with Gasteiger partial charge in [0.25, 0.3) is 0 Å². The molecule has 2 heteroatoms. The molecule has 0 amide bonds. The highest BCUT2D eigenvalue weighted by Gasteiger charge is 2.14. The van der Waals surface area contributed by atoms with Gasteiger partial charge in [0.15, 0.2) is 5.78 Å². The van der Waals surface area contributed by atoms with Crippen LogP contribution < -0.4 is 0 Å². The van der Waals surface area contributed by atoms with E-state index in [1.54, 1.807) is 25.2 Å². The van der Waals surface area contributed by atoms with Crippen LogP contribution in [0.1, 0.15) is 53.9 Å². The third-order valence-electron chi connectivity index (χ3n) is 3.18. The van der Waals surface area contributed by atoms with Crippen LogP contribution in [-0.4, -0.2) is 16.5 Å². The van der Waals surface area contributed by atoms with Gasteiger partial charge in [0.05, 0.1) is 5.60 Å². The summed E-state index contributed by atoms with van der Waals surface area (Å²) in [7, 11) is 0. The molecular formula is C20H30O2. The smallest absolute Gasteiger partial charge is 0.159 e. The molecule has 0 bridgehead atoms. The van der Waals surface area contributed by atoms with Crippen molar-refractivity contribution in [3.8, 4) is 0 Å². The topological polar surface area (TPSA) is 37.3 Å². The van der Waals surface area contributed by atoms with Crippen LogP contribution in [0.5, 0.6) is 0 Å². The molecule has 0 saturated heterocycles. The summed E-state index contributed by atoms with van der Waals surface area (Å²) in [4.78, 5) is 11.7. The van der Waals surface area contributed by atoms with Gasteiger partial charge in [-0.2, -0.15) is 0 Å². The predicted octanol–water partition coefficient (Wildman–Crippen LogP) is 5.08. The third kappa shape index (κ3) is 11.0. The minimum absolute atomic E-state index is 0.130. The molecule has 0 radical (unpaired) electrons. The Kier molecular flexibility index (Phi) is 9.35. The highest BCUT2D eigenvalue weighted by molar-refractivity contribution is 5.91. The molecule has 0 aliphatic rings. The highest BCUT2D eigenvalue weighted by atomic mass is 16.3. The van der Waals surface area contributed by atoms with Crippen LogP contribution in [0.3, 0.4) is 0 Å². The number of hydrogen-bond acceptors (Lipinski definition) is 2. The first-order chi connectivity index (χ1) is 10.2. The van der Waals surface area contributed by atoms with Gasteiger partial charge in [-0.05, 0) is 53.5 Å². The molecule has 0 aliphatic heterocycles. The van der Waals surface area contributed by atoms with Gasteiger partial charge in [-0.1, -0.05) is 53.7 Å². The molecule has 0 aromatic heterocycles. The SMILES string of the molecule is C=C/C(C)=C\C=C\[C@](C)(O)CC/C=C(\C)CC(=O)C=C(C)C. The van der Waals surface area contributed by atoms with E-state index in [-0.39, 0.29) is 5.78 Å². The first kappa shape index (κ1) is 20.3.